The monoisotopic (exact) mass is 618 g/mol. The molecule has 1 aromatic rings. The number of nitrogens with two attached hydrogens (primary N) is 1. The van der Waals surface area contributed by atoms with Gasteiger partial charge in [-0.05, 0) is 79.6 Å². The number of carbonyl (C=O) groups excluding carboxylic acids is 1. The van der Waals surface area contributed by atoms with E-state index >= 15 is 0 Å². The van der Waals surface area contributed by atoms with Gasteiger partial charge < -0.3 is 20.2 Å². The van der Waals surface area contributed by atoms with Crippen molar-refractivity contribution in [3.05, 3.63) is 23.4 Å². The number of hydrogen-bond donors (Lipinski definition) is 1. The summed E-state index contributed by atoms with van der Waals surface area (Å²) in [6.07, 6.45) is 15.0. The molecule has 0 saturated heterocycles. The van der Waals surface area contributed by atoms with E-state index in [4.69, 9.17) is 9.53 Å². The first-order valence-corrected chi connectivity index (χ1v) is 17.1. The normalized spacial score (nSPS) is 18.5. The molecule has 1 aromatic heterocycles. The van der Waals surface area contributed by atoms with Gasteiger partial charge in [-0.25, -0.2) is 13.8 Å². The molecule has 2 fully saturated rings. The van der Waals surface area contributed by atoms with Crippen LogP contribution in [0, 0.1) is 19.3 Å². The lowest BCUT2D eigenvalue weighted by Crippen LogP contribution is -2.37. The number of halogens is 2. The Morgan fingerprint density at radius 3 is 1.70 bits per heavy atom. The summed E-state index contributed by atoms with van der Waals surface area (Å²) in [7, 11) is 5.30. The number of rotatable bonds is 10. The summed E-state index contributed by atoms with van der Waals surface area (Å²) >= 11 is 0. The topological polar surface area (TPSA) is 68.5 Å². The Morgan fingerprint density at radius 2 is 1.35 bits per heavy atom. The van der Waals surface area contributed by atoms with Crippen molar-refractivity contribution in [1.29, 1.82) is 0 Å². The fourth-order valence-electron chi connectivity index (χ4n) is 4.80. The fraction of sp³-hybridized carbons (Fsp3) is 0.833. The average Bonchev–Trinajstić information content (AvgIpc) is 3.57. The van der Waals surface area contributed by atoms with Crippen molar-refractivity contribution in [2.45, 2.75) is 165 Å². The van der Waals surface area contributed by atoms with E-state index in [9.17, 15) is 8.78 Å². The number of aromatic nitrogens is 1. The number of nitrogens with zero attached hydrogens (tertiary/aromatic N) is 2. The van der Waals surface area contributed by atoms with Gasteiger partial charge in [-0.1, -0.05) is 99.5 Å². The van der Waals surface area contributed by atoms with Crippen LogP contribution in [0.1, 0.15) is 150 Å². The quantitative estimate of drug-likeness (QED) is 0.209. The molecule has 0 aromatic carbocycles. The molecule has 2 aliphatic rings. The maximum Gasteiger partial charge on any atom is 0.254 e. The van der Waals surface area contributed by atoms with Crippen molar-refractivity contribution < 1.29 is 18.3 Å². The van der Waals surface area contributed by atoms with E-state index in [0.29, 0.717) is 6.04 Å². The summed E-state index contributed by atoms with van der Waals surface area (Å²) in [5.74, 6) is -1.61. The maximum atomic E-state index is 13.3. The van der Waals surface area contributed by atoms with Crippen LogP contribution in [0.3, 0.4) is 0 Å². The van der Waals surface area contributed by atoms with Gasteiger partial charge in [-0.3, -0.25) is 0 Å². The molecule has 2 aliphatic carbocycles. The zero-order valence-corrected chi connectivity index (χ0v) is 30.8. The van der Waals surface area contributed by atoms with Gasteiger partial charge in [-0.2, -0.15) is 0 Å². The lowest BCUT2D eigenvalue weighted by atomic mass is 9.82. The van der Waals surface area contributed by atoms with Crippen LogP contribution in [0.5, 0.6) is 5.88 Å². The molecule has 258 valence electrons. The molecule has 0 aliphatic heterocycles. The zero-order chi connectivity index (χ0) is 34.3. The summed E-state index contributed by atoms with van der Waals surface area (Å²) in [5.41, 5.74) is 5.99. The van der Waals surface area contributed by atoms with Crippen LogP contribution >= 0.6 is 0 Å². The minimum Gasteiger partial charge on any atom is -0.481 e. The first kappa shape index (κ1) is 48.3. The fourth-order valence-corrected chi connectivity index (χ4v) is 4.80. The zero-order valence-electron chi connectivity index (χ0n) is 30.8. The number of aldehydes is 1. The molecule has 1 spiro atoms. The van der Waals surface area contributed by atoms with Crippen LogP contribution in [0.4, 0.5) is 8.78 Å². The number of pyridine rings is 1. The Kier molecular flexibility index (Phi) is 35.7. The highest BCUT2D eigenvalue weighted by molar-refractivity contribution is 5.44. The summed E-state index contributed by atoms with van der Waals surface area (Å²) in [6, 6.07) is 4.52. The van der Waals surface area contributed by atoms with Crippen molar-refractivity contribution in [2.24, 2.45) is 11.1 Å². The van der Waals surface area contributed by atoms with Crippen LogP contribution in [0.25, 0.3) is 0 Å². The van der Waals surface area contributed by atoms with E-state index in [1.807, 2.05) is 53.7 Å². The lowest BCUT2D eigenvalue weighted by molar-refractivity contribution is -0.106. The van der Waals surface area contributed by atoms with Gasteiger partial charge in [0.1, 0.15) is 6.29 Å². The van der Waals surface area contributed by atoms with E-state index < -0.39 is 11.3 Å². The number of unbranched alkanes of at least 4 members (excludes halogenated alkanes) is 6. The minimum atomic E-state index is -2.34. The van der Waals surface area contributed by atoms with Crippen molar-refractivity contribution in [2.75, 3.05) is 27.7 Å². The molecule has 0 radical (unpaired) electrons. The summed E-state index contributed by atoms with van der Waals surface area (Å²) in [4.78, 5) is 15.4. The van der Waals surface area contributed by atoms with Gasteiger partial charge in [0.2, 0.25) is 5.88 Å². The van der Waals surface area contributed by atoms with Crippen molar-refractivity contribution >= 4 is 6.29 Å². The van der Waals surface area contributed by atoms with Gasteiger partial charge in [-0.15, -0.1) is 0 Å². The van der Waals surface area contributed by atoms with Crippen LogP contribution in [0.15, 0.2) is 12.1 Å². The predicted octanol–water partition coefficient (Wildman–Crippen LogP) is 10.6. The third-order valence-electron chi connectivity index (χ3n) is 7.45. The van der Waals surface area contributed by atoms with Gasteiger partial charge in [0, 0.05) is 29.1 Å². The van der Waals surface area contributed by atoms with Crippen molar-refractivity contribution in [3.8, 4) is 5.88 Å². The first-order valence-electron chi connectivity index (χ1n) is 17.1. The van der Waals surface area contributed by atoms with Crippen molar-refractivity contribution in [3.63, 3.8) is 0 Å². The summed E-state index contributed by atoms with van der Waals surface area (Å²) in [6.45, 7) is 21.2. The third-order valence-corrected chi connectivity index (χ3v) is 7.45. The highest BCUT2D eigenvalue weighted by Gasteiger charge is 2.70. The second-order valence-electron chi connectivity index (χ2n) is 10.7. The molecule has 0 bridgehead atoms. The third kappa shape index (κ3) is 22.5. The van der Waals surface area contributed by atoms with E-state index in [-0.39, 0.29) is 6.42 Å². The Hall–Kier alpha value is -1.60. The molecule has 7 heteroatoms. The molecule has 1 heterocycles. The molecule has 5 nitrogen and oxygen atoms in total. The molecule has 2 saturated carbocycles. The number of aryl methyl sites for hydroxylation is 2. The highest BCUT2D eigenvalue weighted by Crippen LogP contribution is 2.67. The number of methoxy groups -OCH3 is 1. The SMILES string of the molecule is CC.CC.CC=O.CCCCCC.CCCCCCN(C)C1CCC2(CC1)CC2(F)F.CN.COc1nc(C)ccc1C. The van der Waals surface area contributed by atoms with Crippen LogP contribution in [-0.4, -0.2) is 55.9 Å². The largest absolute Gasteiger partial charge is 0.481 e. The Bertz CT molecular complexity index is 720. The van der Waals surface area contributed by atoms with E-state index in [0.717, 1.165) is 55.7 Å². The predicted molar refractivity (Wildman–Crippen MR) is 186 cm³/mol. The van der Waals surface area contributed by atoms with Gasteiger partial charge in [0.15, 0.2) is 0 Å². The average molecular weight is 618 g/mol. The molecule has 0 atom stereocenters. The maximum absolute atomic E-state index is 13.3. The minimum absolute atomic E-state index is 0.160. The number of carbonyl (C=O) groups is 1. The van der Waals surface area contributed by atoms with E-state index in [2.05, 4.69) is 43.4 Å². The molecule has 2 N–H and O–H groups in total. The van der Waals surface area contributed by atoms with Crippen LogP contribution in [-0.2, 0) is 4.79 Å². The molecule has 0 unspecified atom stereocenters. The van der Waals surface area contributed by atoms with Crippen LogP contribution in [0.2, 0.25) is 0 Å². The van der Waals surface area contributed by atoms with Gasteiger partial charge >= 0.3 is 0 Å². The van der Waals surface area contributed by atoms with E-state index in [1.165, 1.54) is 65.3 Å². The second kappa shape index (κ2) is 31.8. The van der Waals surface area contributed by atoms with Gasteiger partial charge in [0.25, 0.3) is 5.92 Å². The summed E-state index contributed by atoms with van der Waals surface area (Å²) in [5, 5.41) is 0. The smallest absolute Gasteiger partial charge is 0.254 e. The lowest BCUT2D eigenvalue weighted by Gasteiger charge is -2.35. The molecular formula is C36H73F2N3O2. The molecular weight excluding hydrogens is 544 g/mol. The second-order valence-corrected chi connectivity index (χ2v) is 10.7. The van der Waals surface area contributed by atoms with Gasteiger partial charge in [0.05, 0.1) is 7.11 Å². The Balaban J connectivity index is -0.000000258. The van der Waals surface area contributed by atoms with Crippen molar-refractivity contribution in [1.82, 2.24) is 9.88 Å². The molecule has 3 rings (SSSR count). The number of ether oxygens (including phenoxy) is 1. The van der Waals surface area contributed by atoms with Crippen LogP contribution < -0.4 is 10.5 Å². The Morgan fingerprint density at radius 1 is 0.930 bits per heavy atom. The first-order chi connectivity index (χ1) is 20.6. The highest BCUT2D eigenvalue weighted by atomic mass is 19.3. The van der Waals surface area contributed by atoms with E-state index in [1.54, 1.807) is 7.11 Å². The molecule has 43 heavy (non-hydrogen) atoms. The number of alkyl halides is 2. The Labute approximate surface area is 267 Å². The standard InChI is InChI=1S/C15H27F2N.C8H11NO.C6H14.C2H4O.2C2H6.CH5N/c1-3-4-5-6-11-18(2)13-7-9-14(10-8-13)12-15(14,16)17;1-6-4-5-7(2)9-8(6)10-3;1-3-5-6-4-2;1-2-3;3*1-2/h13H,3-12H2,1-2H3;4-5H,1-3H3;3-6H2,1-2H3;2H,1H3;2*1-2H3;2H2,1H3. The molecule has 0 amide bonds. The summed E-state index contributed by atoms with van der Waals surface area (Å²) < 4.78 is 31.6. The number of hydrogen-bond acceptors (Lipinski definition) is 5.